The number of rotatable bonds is 3. The maximum Gasteiger partial charge on any atom is 0.146 e. The molecule has 0 bridgehead atoms. The number of allylic oxidation sites excluding steroid dienone is 2. The highest BCUT2D eigenvalue weighted by Crippen LogP contribution is 2.15. The molecule has 58 valence electrons. The Morgan fingerprint density at radius 3 is 2.10 bits per heavy atom. The van der Waals surface area contributed by atoms with Gasteiger partial charge in [-0.1, -0.05) is 19.4 Å². The lowest BCUT2D eigenvalue weighted by molar-refractivity contribution is -0.105. The molecule has 0 aliphatic heterocycles. The Bertz CT molecular complexity index is 141. The van der Waals surface area contributed by atoms with Gasteiger partial charge in [0.2, 0.25) is 0 Å². The summed E-state index contributed by atoms with van der Waals surface area (Å²) < 4.78 is 0. The summed E-state index contributed by atoms with van der Waals surface area (Å²) in [6.45, 7) is 8.14. The molecule has 0 N–H and O–H groups in total. The molecule has 0 aliphatic rings. The van der Waals surface area contributed by atoms with E-state index in [2.05, 4.69) is 13.8 Å². The third kappa shape index (κ3) is 2.34. The van der Waals surface area contributed by atoms with Crippen molar-refractivity contribution in [2.45, 2.75) is 34.1 Å². The highest BCUT2D eigenvalue weighted by molar-refractivity contribution is 5.74. The van der Waals surface area contributed by atoms with Crippen LogP contribution in [0.1, 0.15) is 34.1 Å². The lowest BCUT2D eigenvalue weighted by Gasteiger charge is -2.08. The zero-order chi connectivity index (χ0) is 8.15. The third-order valence-corrected chi connectivity index (χ3v) is 1.85. The molecule has 0 saturated heterocycles. The molecule has 0 fully saturated rings. The van der Waals surface area contributed by atoms with E-state index in [9.17, 15) is 4.79 Å². The van der Waals surface area contributed by atoms with Crippen molar-refractivity contribution in [2.24, 2.45) is 5.92 Å². The van der Waals surface area contributed by atoms with Crippen molar-refractivity contribution >= 4 is 6.29 Å². The number of hydrogen-bond acceptors (Lipinski definition) is 1. The van der Waals surface area contributed by atoms with Gasteiger partial charge in [-0.3, -0.25) is 4.79 Å². The Kier molecular flexibility index (Phi) is 4.01. The van der Waals surface area contributed by atoms with Gasteiger partial charge in [0, 0.05) is 0 Å². The number of aldehydes is 1. The Balaban J connectivity index is 4.36. The minimum absolute atomic E-state index is 0.419. The predicted molar refractivity (Wildman–Crippen MR) is 43.9 cm³/mol. The average Bonchev–Trinajstić information content (AvgIpc) is 1.88. The quantitative estimate of drug-likeness (QED) is 0.435. The van der Waals surface area contributed by atoms with Crippen LogP contribution in [0.5, 0.6) is 0 Å². The van der Waals surface area contributed by atoms with E-state index in [1.807, 2.05) is 13.8 Å². The largest absolute Gasteiger partial charge is 0.298 e. The number of carbonyl (C=O) groups is 1. The van der Waals surface area contributed by atoms with Crippen LogP contribution in [0.2, 0.25) is 0 Å². The maximum absolute atomic E-state index is 10.5. The summed E-state index contributed by atoms with van der Waals surface area (Å²) in [5.74, 6) is 0.419. The Labute approximate surface area is 63.1 Å². The van der Waals surface area contributed by atoms with E-state index in [1.54, 1.807) is 0 Å². The number of carbonyl (C=O) groups excluding carboxylic acids is 1. The molecule has 0 aromatic rings. The van der Waals surface area contributed by atoms with Gasteiger partial charge in [0.15, 0.2) is 0 Å². The molecule has 1 atom stereocenters. The smallest absolute Gasteiger partial charge is 0.146 e. The summed E-state index contributed by atoms with van der Waals surface area (Å²) in [7, 11) is 0. The Morgan fingerprint density at radius 2 is 2.00 bits per heavy atom. The van der Waals surface area contributed by atoms with Crippen LogP contribution < -0.4 is 0 Å². The van der Waals surface area contributed by atoms with Crippen molar-refractivity contribution < 1.29 is 4.79 Å². The van der Waals surface area contributed by atoms with E-state index in [1.165, 1.54) is 0 Å². The first-order valence-electron chi connectivity index (χ1n) is 3.76. The molecule has 1 unspecified atom stereocenters. The van der Waals surface area contributed by atoms with Gasteiger partial charge in [0.1, 0.15) is 6.29 Å². The molecule has 0 aliphatic carbocycles. The van der Waals surface area contributed by atoms with E-state index in [4.69, 9.17) is 0 Å². The van der Waals surface area contributed by atoms with E-state index >= 15 is 0 Å². The van der Waals surface area contributed by atoms with Gasteiger partial charge < -0.3 is 0 Å². The van der Waals surface area contributed by atoms with Gasteiger partial charge in [-0.25, -0.2) is 0 Å². The molecule has 0 aromatic heterocycles. The molecule has 0 radical (unpaired) electrons. The average molecular weight is 140 g/mol. The molecule has 0 spiro atoms. The van der Waals surface area contributed by atoms with Gasteiger partial charge in [-0.2, -0.15) is 0 Å². The van der Waals surface area contributed by atoms with Gasteiger partial charge in [0.05, 0.1) is 0 Å². The molecule has 1 nitrogen and oxygen atoms in total. The summed E-state index contributed by atoms with van der Waals surface area (Å²) in [6.07, 6.45) is 2.02. The summed E-state index contributed by atoms with van der Waals surface area (Å²) in [6, 6.07) is 0. The zero-order valence-corrected chi connectivity index (χ0v) is 7.27. The van der Waals surface area contributed by atoms with Crippen LogP contribution in [0.4, 0.5) is 0 Å². The highest BCUT2D eigenvalue weighted by atomic mass is 16.1. The zero-order valence-electron chi connectivity index (χ0n) is 7.27. The van der Waals surface area contributed by atoms with Gasteiger partial charge in [-0.05, 0) is 31.8 Å². The lowest BCUT2D eigenvalue weighted by atomic mass is 9.96. The van der Waals surface area contributed by atoms with Crippen molar-refractivity contribution in [1.82, 2.24) is 0 Å². The first kappa shape index (κ1) is 9.41. The topological polar surface area (TPSA) is 17.1 Å². The molecule has 0 heterocycles. The van der Waals surface area contributed by atoms with Crippen molar-refractivity contribution in [3.8, 4) is 0 Å². The molecule has 0 aromatic carbocycles. The van der Waals surface area contributed by atoms with Gasteiger partial charge >= 0.3 is 0 Å². The third-order valence-electron chi connectivity index (χ3n) is 1.85. The summed E-state index contributed by atoms with van der Waals surface area (Å²) in [5, 5.41) is 0. The normalized spacial score (nSPS) is 12.4. The summed E-state index contributed by atoms with van der Waals surface area (Å²) in [4.78, 5) is 10.5. The SMILES string of the molecule is CCC(C)C(C=O)=C(C)C. The molecule has 0 amide bonds. The van der Waals surface area contributed by atoms with Crippen LogP contribution in [0.25, 0.3) is 0 Å². The molecule has 0 saturated carbocycles. The minimum atomic E-state index is 0.419. The Morgan fingerprint density at radius 1 is 1.50 bits per heavy atom. The van der Waals surface area contributed by atoms with Crippen molar-refractivity contribution in [2.75, 3.05) is 0 Å². The van der Waals surface area contributed by atoms with E-state index in [-0.39, 0.29) is 0 Å². The fraction of sp³-hybridized carbons (Fsp3) is 0.667. The maximum atomic E-state index is 10.5. The van der Waals surface area contributed by atoms with Crippen molar-refractivity contribution in [1.29, 1.82) is 0 Å². The summed E-state index contributed by atoms with van der Waals surface area (Å²) in [5.41, 5.74) is 2.10. The fourth-order valence-corrected chi connectivity index (χ4v) is 0.947. The van der Waals surface area contributed by atoms with Crippen LogP contribution in [0.15, 0.2) is 11.1 Å². The molecule has 1 heteroatoms. The molecular weight excluding hydrogens is 124 g/mol. The van der Waals surface area contributed by atoms with E-state index < -0.39 is 0 Å². The van der Waals surface area contributed by atoms with Crippen LogP contribution in [0, 0.1) is 5.92 Å². The molecule has 0 rings (SSSR count). The van der Waals surface area contributed by atoms with Crippen LogP contribution in [-0.2, 0) is 4.79 Å². The predicted octanol–water partition coefficient (Wildman–Crippen LogP) is 2.57. The highest BCUT2D eigenvalue weighted by Gasteiger charge is 2.05. The van der Waals surface area contributed by atoms with Gasteiger partial charge in [0.25, 0.3) is 0 Å². The van der Waals surface area contributed by atoms with Crippen LogP contribution in [-0.4, -0.2) is 6.29 Å². The minimum Gasteiger partial charge on any atom is -0.298 e. The second-order valence-electron chi connectivity index (χ2n) is 2.88. The molecule has 10 heavy (non-hydrogen) atoms. The standard InChI is InChI=1S/C9H16O/c1-5-8(4)9(6-10)7(2)3/h6,8H,5H2,1-4H3. The monoisotopic (exact) mass is 140 g/mol. The fourth-order valence-electron chi connectivity index (χ4n) is 0.947. The second kappa shape index (κ2) is 4.26. The van der Waals surface area contributed by atoms with Crippen LogP contribution in [0.3, 0.4) is 0 Å². The van der Waals surface area contributed by atoms with E-state index in [0.29, 0.717) is 5.92 Å². The van der Waals surface area contributed by atoms with Crippen molar-refractivity contribution in [3.63, 3.8) is 0 Å². The second-order valence-corrected chi connectivity index (χ2v) is 2.88. The van der Waals surface area contributed by atoms with Crippen molar-refractivity contribution in [3.05, 3.63) is 11.1 Å². The van der Waals surface area contributed by atoms with Crippen LogP contribution >= 0.6 is 0 Å². The first-order valence-corrected chi connectivity index (χ1v) is 3.76. The number of hydrogen-bond donors (Lipinski definition) is 0. The summed E-state index contributed by atoms with van der Waals surface area (Å²) >= 11 is 0. The van der Waals surface area contributed by atoms with Gasteiger partial charge in [-0.15, -0.1) is 0 Å². The molecular formula is C9H16O. The lowest BCUT2D eigenvalue weighted by Crippen LogP contribution is -2.00. The Hall–Kier alpha value is -0.590. The van der Waals surface area contributed by atoms with E-state index in [0.717, 1.165) is 23.9 Å². The first-order chi connectivity index (χ1) is 4.63.